The molecular formula is C12H23NO. The summed E-state index contributed by atoms with van der Waals surface area (Å²) >= 11 is 0. The van der Waals surface area contributed by atoms with Gasteiger partial charge >= 0.3 is 0 Å². The van der Waals surface area contributed by atoms with Crippen molar-refractivity contribution < 1.29 is 4.79 Å². The van der Waals surface area contributed by atoms with E-state index in [9.17, 15) is 4.79 Å². The van der Waals surface area contributed by atoms with Crippen molar-refractivity contribution in [1.29, 1.82) is 0 Å². The van der Waals surface area contributed by atoms with Crippen LogP contribution in [0.3, 0.4) is 0 Å². The van der Waals surface area contributed by atoms with Gasteiger partial charge in [0.05, 0.1) is 0 Å². The Balaban J connectivity index is 2.49. The molecule has 0 aromatic heterocycles. The van der Waals surface area contributed by atoms with Gasteiger partial charge in [0.2, 0.25) is 0 Å². The highest BCUT2D eigenvalue weighted by Gasteiger charge is 2.30. The molecule has 3 atom stereocenters. The van der Waals surface area contributed by atoms with Crippen LogP contribution in [-0.2, 0) is 4.79 Å². The summed E-state index contributed by atoms with van der Waals surface area (Å²) in [6, 6.07) is 0.135. The van der Waals surface area contributed by atoms with Crippen LogP contribution in [0.1, 0.15) is 52.4 Å². The van der Waals surface area contributed by atoms with Crippen molar-refractivity contribution in [2.45, 2.75) is 58.4 Å². The van der Waals surface area contributed by atoms with E-state index in [0.29, 0.717) is 5.78 Å². The lowest BCUT2D eigenvalue weighted by atomic mass is 9.78. The summed E-state index contributed by atoms with van der Waals surface area (Å²) in [5, 5.41) is 0. The average Bonchev–Trinajstić information content (AvgIpc) is 2.18. The van der Waals surface area contributed by atoms with Gasteiger partial charge in [-0.25, -0.2) is 0 Å². The van der Waals surface area contributed by atoms with Crippen molar-refractivity contribution in [3.63, 3.8) is 0 Å². The van der Waals surface area contributed by atoms with Gasteiger partial charge < -0.3 is 5.73 Å². The number of ketones is 1. The molecule has 0 amide bonds. The number of hydrogen-bond donors (Lipinski definition) is 1. The predicted octanol–water partition coefficient (Wildman–Crippen LogP) is 2.51. The van der Waals surface area contributed by atoms with Gasteiger partial charge in [-0.3, -0.25) is 4.79 Å². The van der Waals surface area contributed by atoms with E-state index in [1.54, 1.807) is 0 Å². The Morgan fingerprint density at radius 3 is 2.64 bits per heavy atom. The molecule has 82 valence electrons. The minimum absolute atomic E-state index is 0.135. The molecule has 3 unspecified atom stereocenters. The van der Waals surface area contributed by atoms with E-state index in [-0.39, 0.29) is 17.9 Å². The highest BCUT2D eigenvalue weighted by Crippen LogP contribution is 2.27. The van der Waals surface area contributed by atoms with Crippen LogP contribution in [0.15, 0.2) is 0 Å². The van der Waals surface area contributed by atoms with E-state index in [1.807, 2.05) is 6.92 Å². The Labute approximate surface area is 87.2 Å². The van der Waals surface area contributed by atoms with E-state index in [1.165, 1.54) is 12.8 Å². The SMILES string of the molecule is CCCC(C)C(=O)C1CCCCC1N. The lowest BCUT2D eigenvalue weighted by Gasteiger charge is -2.29. The first kappa shape index (κ1) is 11.7. The van der Waals surface area contributed by atoms with Crippen LogP contribution in [0, 0.1) is 11.8 Å². The van der Waals surface area contributed by atoms with Crippen molar-refractivity contribution in [3.05, 3.63) is 0 Å². The fourth-order valence-corrected chi connectivity index (χ4v) is 2.45. The highest BCUT2D eigenvalue weighted by atomic mass is 16.1. The third kappa shape index (κ3) is 2.81. The first-order valence-electron chi connectivity index (χ1n) is 5.96. The van der Waals surface area contributed by atoms with Gasteiger partial charge in [0.1, 0.15) is 5.78 Å². The molecule has 1 fully saturated rings. The number of nitrogens with two attached hydrogens (primary N) is 1. The maximum Gasteiger partial charge on any atom is 0.140 e. The van der Waals surface area contributed by atoms with Crippen molar-refractivity contribution in [3.8, 4) is 0 Å². The minimum Gasteiger partial charge on any atom is -0.327 e. The molecule has 0 bridgehead atoms. The smallest absolute Gasteiger partial charge is 0.140 e. The van der Waals surface area contributed by atoms with Crippen molar-refractivity contribution >= 4 is 5.78 Å². The first-order chi connectivity index (χ1) is 6.66. The summed E-state index contributed by atoms with van der Waals surface area (Å²) in [6.07, 6.45) is 6.55. The Morgan fingerprint density at radius 1 is 1.43 bits per heavy atom. The third-order valence-corrected chi connectivity index (χ3v) is 3.39. The summed E-state index contributed by atoms with van der Waals surface area (Å²) in [6.45, 7) is 4.18. The molecule has 0 aromatic carbocycles. The second-order valence-electron chi connectivity index (χ2n) is 4.65. The summed E-state index contributed by atoms with van der Waals surface area (Å²) in [5.41, 5.74) is 5.99. The zero-order valence-electron chi connectivity index (χ0n) is 9.46. The van der Waals surface area contributed by atoms with E-state index in [2.05, 4.69) is 6.92 Å². The van der Waals surface area contributed by atoms with Crippen LogP contribution < -0.4 is 5.73 Å². The highest BCUT2D eigenvalue weighted by molar-refractivity contribution is 5.83. The lowest BCUT2D eigenvalue weighted by molar-refractivity contribution is -0.128. The quantitative estimate of drug-likeness (QED) is 0.752. The third-order valence-electron chi connectivity index (χ3n) is 3.39. The lowest BCUT2D eigenvalue weighted by Crippen LogP contribution is -2.40. The van der Waals surface area contributed by atoms with Gasteiger partial charge in [-0.05, 0) is 19.3 Å². The minimum atomic E-state index is 0.135. The predicted molar refractivity (Wildman–Crippen MR) is 59.0 cm³/mol. The molecule has 0 aliphatic heterocycles. The summed E-state index contributed by atoms with van der Waals surface area (Å²) in [7, 11) is 0. The molecule has 0 saturated heterocycles. The second-order valence-corrected chi connectivity index (χ2v) is 4.65. The molecule has 2 nitrogen and oxygen atoms in total. The normalized spacial score (nSPS) is 29.9. The Morgan fingerprint density at radius 2 is 2.07 bits per heavy atom. The fourth-order valence-electron chi connectivity index (χ4n) is 2.45. The van der Waals surface area contributed by atoms with Gasteiger partial charge in [0.25, 0.3) is 0 Å². The summed E-state index contributed by atoms with van der Waals surface area (Å²) in [5.74, 6) is 0.790. The van der Waals surface area contributed by atoms with Crippen LogP contribution >= 0.6 is 0 Å². The van der Waals surface area contributed by atoms with Gasteiger partial charge in [-0.1, -0.05) is 33.1 Å². The number of carbonyl (C=O) groups is 1. The van der Waals surface area contributed by atoms with Crippen LogP contribution in [0.4, 0.5) is 0 Å². The van der Waals surface area contributed by atoms with Gasteiger partial charge in [-0.15, -0.1) is 0 Å². The van der Waals surface area contributed by atoms with Crippen LogP contribution in [0.25, 0.3) is 0 Å². The van der Waals surface area contributed by atoms with Gasteiger partial charge in [-0.2, -0.15) is 0 Å². The van der Waals surface area contributed by atoms with Crippen molar-refractivity contribution in [2.24, 2.45) is 17.6 Å². The van der Waals surface area contributed by atoms with E-state index in [0.717, 1.165) is 25.7 Å². The maximum atomic E-state index is 12.0. The molecule has 14 heavy (non-hydrogen) atoms. The number of carbonyl (C=O) groups excluding carboxylic acids is 1. The molecule has 0 heterocycles. The number of hydrogen-bond acceptors (Lipinski definition) is 2. The summed E-state index contributed by atoms with van der Waals surface area (Å²) < 4.78 is 0. The largest absolute Gasteiger partial charge is 0.327 e. The number of Topliss-reactive ketones (excluding diaryl/α,β-unsaturated/α-hetero) is 1. The zero-order chi connectivity index (χ0) is 10.6. The topological polar surface area (TPSA) is 43.1 Å². The van der Waals surface area contributed by atoms with Crippen LogP contribution in [0.2, 0.25) is 0 Å². The van der Waals surface area contributed by atoms with Gasteiger partial charge in [0.15, 0.2) is 0 Å². The van der Waals surface area contributed by atoms with Gasteiger partial charge in [0, 0.05) is 17.9 Å². The molecule has 2 heteroatoms. The second kappa shape index (κ2) is 5.50. The van der Waals surface area contributed by atoms with E-state index < -0.39 is 0 Å². The van der Waals surface area contributed by atoms with Crippen molar-refractivity contribution in [2.75, 3.05) is 0 Å². The molecule has 1 aliphatic rings. The molecule has 0 spiro atoms. The molecule has 2 N–H and O–H groups in total. The van der Waals surface area contributed by atoms with Crippen molar-refractivity contribution in [1.82, 2.24) is 0 Å². The van der Waals surface area contributed by atoms with E-state index >= 15 is 0 Å². The molecule has 0 radical (unpaired) electrons. The monoisotopic (exact) mass is 197 g/mol. The Kier molecular flexibility index (Phi) is 4.59. The summed E-state index contributed by atoms with van der Waals surface area (Å²) in [4.78, 5) is 12.0. The average molecular weight is 197 g/mol. The molecule has 1 rings (SSSR count). The Bertz CT molecular complexity index is 191. The molecule has 0 aromatic rings. The molecular weight excluding hydrogens is 174 g/mol. The fraction of sp³-hybridized carbons (Fsp3) is 0.917. The van der Waals surface area contributed by atoms with E-state index in [4.69, 9.17) is 5.73 Å². The van der Waals surface area contributed by atoms with Crippen LogP contribution in [-0.4, -0.2) is 11.8 Å². The zero-order valence-corrected chi connectivity index (χ0v) is 9.46. The maximum absolute atomic E-state index is 12.0. The molecule has 1 saturated carbocycles. The Hall–Kier alpha value is -0.370. The standard InChI is InChI=1S/C12H23NO/c1-3-6-9(2)12(14)10-7-4-5-8-11(10)13/h9-11H,3-8,13H2,1-2H3. The first-order valence-corrected chi connectivity index (χ1v) is 5.96. The number of rotatable bonds is 4. The molecule has 1 aliphatic carbocycles. The van der Waals surface area contributed by atoms with Crippen LogP contribution in [0.5, 0.6) is 0 Å².